The minimum Gasteiger partial charge on any atom is -0.273 e. The maximum atomic E-state index is 4.75. The minimum atomic E-state index is 0.646. The molecule has 4 aromatic rings. The van der Waals surface area contributed by atoms with E-state index in [1.807, 2.05) is 23.6 Å². The van der Waals surface area contributed by atoms with Gasteiger partial charge in [0.2, 0.25) is 0 Å². The number of fused-ring (bicyclic) bond motifs is 1. The second kappa shape index (κ2) is 4.79. The van der Waals surface area contributed by atoms with Crippen molar-refractivity contribution >= 4 is 22.5 Å². The first-order chi connectivity index (χ1) is 10.3. The van der Waals surface area contributed by atoms with E-state index in [-0.39, 0.29) is 0 Å². The molecular formula is C16H12N4S. The van der Waals surface area contributed by atoms with E-state index < -0.39 is 0 Å². The van der Waals surface area contributed by atoms with E-state index in [4.69, 9.17) is 4.98 Å². The number of nitrogens with one attached hydrogen (secondary N) is 1. The van der Waals surface area contributed by atoms with Gasteiger partial charge in [-0.3, -0.25) is 5.10 Å². The number of thiophene rings is 1. The Morgan fingerprint density at radius 1 is 1.14 bits per heavy atom. The van der Waals surface area contributed by atoms with E-state index in [9.17, 15) is 0 Å². The first-order valence-electron chi connectivity index (χ1n) is 6.62. The SMILES string of the molecule is Cc1ccccc1-c1[nH]nc2ncc(-c3ccsc3)nc12. The average Bonchev–Trinajstić information content (AvgIpc) is 3.17. The van der Waals surface area contributed by atoms with Crippen molar-refractivity contribution in [3.05, 3.63) is 52.9 Å². The zero-order valence-electron chi connectivity index (χ0n) is 11.4. The lowest BCUT2D eigenvalue weighted by Gasteiger charge is -2.03. The number of aryl methyl sites for hydroxylation is 1. The minimum absolute atomic E-state index is 0.646. The topological polar surface area (TPSA) is 54.5 Å². The Kier molecular flexibility index (Phi) is 2.79. The predicted octanol–water partition coefficient (Wildman–Crippen LogP) is 4.06. The Hall–Kier alpha value is -2.53. The quantitative estimate of drug-likeness (QED) is 0.606. The molecule has 5 heteroatoms. The number of rotatable bonds is 2. The van der Waals surface area contributed by atoms with E-state index in [2.05, 4.69) is 39.6 Å². The van der Waals surface area contributed by atoms with E-state index in [0.717, 1.165) is 28.0 Å². The molecule has 1 aromatic carbocycles. The first-order valence-corrected chi connectivity index (χ1v) is 7.57. The van der Waals surface area contributed by atoms with Gasteiger partial charge in [0.05, 0.1) is 17.6 Å². The van der Waals surface area contributed by atoms with Crippen LogP contribution in [0.25, 0.3) is 33.7 Å². The summed E-state index contributed by atoms with van der Waals surface area (Å²) in [6, 6.07) is 10.2. The maximum absolute atomic E-state index is 4.75. The molecule has 4 rings (SSSR count). The Morgan fingerprint density at radius 2 is 2.05 bits per heavy atom. The highest BCUT2D eigenvalue weighted by molar-refractivity contribution is 7.08. The van der Waals surface area contributed by atoms with Crippen LogP contribution in [0.4, 0.5) is 0 Å². The summed E-state index contributed by atoms with van der Waals surface area (Å²) in [5.74, 6) is 0. The second-order valence-corrected chi connectivity index (χ2v) is 5.63. The summed E-state index contributed by atoms with van der Waals surface area (Å²) in [5, 5.41) is 11.4. The zero-order valence-corrected chi connectivity index (χ0v) is 12.2. The summed E-state index contributed by atoms with van der Waals surface area (Å²) in [5.41, 5.74) is 6.64. The van der Waals surface area contributed by atoms with Crippen LogP contribution in [0.2, 0.25) is 0 Å². The van der Waals surface area contributed by atoms with E-state index in [1.54, 1.807) is 17.5 Å². The number of aromatic amines is 1. The third-order valence-electron chi connectivity index (χ3n) is 3.49. The Labute approximate surface area is 125 Å². The second-order valence-electron chi connectivity index (χ2n) is 4.85. The normalized spacial score (nSPS) is 11.1. The molecule has 4 nitrogen and oxygen atoms in total. The summed E-state index contributed by atoms with van der Waals surface area (Å²) in [6.45, 7) is 2.08. The van der Waals surface area contributed by atoms with Crippen LogP contribution in [0.1, 0.15) is 5.56 Å². The average molecular weight is 292 g/mol. The summed E-state index contributed by atoms with van der Waals surface area (Å²) in [4.78, 5) is 9.16. The van der Waals surface area contributed by atoms with Crippen LogP contribution in [-0.2, 0) is 0 Å². The molecule has 102 valence electrons. The smallest absolute Gasteiger partial charge is 0.200 e. The number of aromatic nitrogens is 4. The third kappa shape index (κ3) is 2.02. The van der Waals surface area contributed by atoms with Crippen molar-refractivity contribution in [3.8, 4) is 22.5 Å². The molecule has 0 saturated heterocycles. The van der Waals surface area contributed by atoms with Crippen LogP contribution in [0.15, 0.2) is 47.3 Å². The summed E-state index contributed by atoms with van der Waals surface area (Å²) >= 11 is 1.65. The van der Waals surface area contributed by atoms with Crippen LogP contribution >= 0.6 is 11.3 Å². The fraction of sp³-hybridized carbons (Fsp3) is 0.0625. The fourth-order valence-corrected chi connectivity index (χ4v) is 3.03. The molecule has 1 N–H and O–H groups in total. The number of nitrogens with zero attached hydrogens (tertiary/aromatic N) is 3. The highest BCUT2D eigenvalue weighted by Gasteiger charge is 2.13. The molecule has 3 heterocycles. The monoisotopic (exact) mass is 292 g/mol. The standard InChI is InChI=1S/C16H12N4S/c1-10-4-2-3-5-12(10)14-15-16(20-19-14)17-8-13(18-15)11-6-7-21-9-11/h2-9H,1H3,(H,17,19,20). The fourth-order valence-electron chi connectivity index (χ4n) is 2.38. The van der Waals surface area contributed by atoms with E-state index in [0.29, 0.717) is 5.65 Å². The van der Waals surface area contributed by atoms with Gasteiger partial charge in [0.25, 0.3) is 0 Å². The van der Waals surface area contributed by atoms with Gasteiger partial charge in [0.1, 0.15) is 5.52 Å². The molecule has 0 fully saturated rings. The summed E-state index contributed by atoms with van der Waals surface area (Å²) < 4.78 is 0. The van der Waals surface area contributed by atoms with Gasteiger partial charge in [-0.05, 0) is 23.9 Å². The lowest BCUT2D eigenvalue weighted by molar-refractivity contribution is 1.10. The molecule has 0 saturated carbocycles. The van der Waals surface area contributed by atoms with Crippen molar-refractivity contribution in [2.75, 3.05) is 0 Å². The third-order valence-corrected chi connectivity index (χ3v) is 4.18. The summed E-state index contributed by atoms with van der Waals surface area (Å²) in [7, 11) is 0. The number of H-pyrrole nitrogens is 1. The molecule has 3 aromatic heterocycles. The Balaban J connectivity index is 1.95. The molecule has 0 aliphatic heterocycles. The maximum Gasteiger partial charge on any atom is 0.200 e. The Bertz CT molecular complexity index is 909. The molecule has 0 unspecified atom stereocenters. The highest BCUT2D eigenvalue weighted by Crippen LogP contribution is 2.28. The van der Waals surface area contributed by atoms with Gasteiger partial charge in [0, 0.05) is 16.5 Å². The lowest BCUT2D eigenvalue weighted by atomic mass is 10.1. The van der Waals surface area contributed by atoms with Crippen molar-refractivity contribution in [2.24, 2.45) is 0 Å². The molecule has 0 atom stereocenters. The van der Waals surface area contributed by atoms with Gasteiger partial charge in [-0.2, -0.15) is 16.4 Å². The molecule has 0 spiro atoms. The molecule has 0 radical (unpaired) electrons. The van der Waals surface area contributed by atoms with Crippen LogP contribution in [-0.4, -0.2) is 20.2 Å². The van der Waals surface area contributed by atoms with Crippen LogP contribution < -0.4 is 0 Å². The van der Waals surface area contributed by atoms with Gasteiger partial charge in [-0.25, -0.2) is 9.97 Å². The van der Waals surface area contributed by atoms with Gasteiger partial charge in [0.15, 0.2) is 5.65 Å². The molecule has 0 aliphatic carbocycles. The van der Waals surface area contributed by atoms with Crippen molar-refractivity contribution in [1.82, 2.24) is 20.2 Å². The number of hydrogen-bond acceptors (Lipinski definition) is 4. The highest BCUT2D eigenvalue weighted by atomic mass is 32.1. The number of benzene rings is 1. The van der Waals surface area contributed by atoms with Gasteiger partial charge >= 0.3 is 0 Å². The lowest BCUT2D eigenvalue weighted by Crippen LogP contribution is -1.88. The van der Waals surface area contributed by atoms with Crippen LogP contribution in [0.3, 0.4) is 0 Å². The van der Waals surface area contributed by atoms with Crippen molar-refractivity contribution in [3.63, 3.8) is 0 Å². The van der Waals surface area contributed by atoms with Crippen molar-refractivity contribution < 1.29 is 0 Å². The van der Waals surface area contributed by atoms with Gasteiger partial charge in [-0.15, -0.1) is 0 Å². The number of hydrogen-bond donors (Lipinski definition) is 1. The first kappa shape index (κ1) is 12.2. The van der Waals surface area contributed by atoms with Gasteiger partial charge < -0.3 is 0 Å². The molecule has 0 amide bonds. The van der Waals surface area contributed by atoms with Crippen molar-refractivity contribution in [1.29, 1.82) is 0 Å². The zero-order chi connectivity index (χ0) is 14.2. The molecule has 0 aliphatic rings. The predicted molar refractivity (Wildman–Crippen MR) is 85.2 cm³/mol. The molecule has 21 heavy (non-hydrogen) atoms. The summed E-state index contributed by atoms with van der Waals surface area (Å²) in [6.07, 6.45) is 1.77. The van der Waals surface area contributed by atoms with Crippen LogP contribution in [0, 0.1) is 6.92 Å². The Morgan fingerprint density at radius 3 is 2.86 bits per heavy atom. The van der Waals surface area contributed by atoms with E-state index >= 15 is 0 Å². The van der Waals surface area contributed by atoms with Crippen molar-refractivity contribution in [2.45, 2.75) is 6.92 Å². The largest absolute Gasteiger partial charge is 0.273 e. The van der Waals surface area contributed by atoms with Gasteiger partial charge in [-0.1, -0.05) is 24.3 Å². The van der Waals surface area contributed by atoms with Crippen LogP contribution in [0.5, 0.6) is 0 Å². The van der Waals surface area contributed by atoms with E-state index in [1.165, 1.54) is 5.56 Å². The molecule has 0 bridgehead atoms. The molecular weight excluding hydrogens is 280 g/mol.